The number of nitrogens with zero attached hydrogens (tertiary/aromatic N) is 2. The maximum absolute atomic E-state index is 11.4. The molecular formula is C17H20N2O2. The molecule has 3 rings (SSSR count). The maximum Gasteiger partial charge on any atom is 0.153 e. The Labute approximate surface area is 124 Å². The first-order chi connectivity index (χ1) is 10.3. The molecule has 0 aliphatic carbocycles. The van der Waals surface area contributed by atoms with Crippen LogP contribution in [0.2, 0.25) is 0 Å². The van der Waals surface area contributed by atoms with E-state index in [0.29, 0.717) is 12.2 Å². The van der Waals surface area contributed by atoms with Crippen LogP contribution in [0.3, 0.4) is 0 Å². The average Bonchev–Trinajstić information content (AvgIpc) is 2.54. The third kappa shape index (κ3) is 2.84. The molecule has 0 N–H and O–H groups in total. The van der Waals surface area contributed by atoms with E-state index in [1.807, 2.05) is 31.2 Å². The van der Waals surface area contributed by atoms with Crippen molar-refractivity contribution >= 4 is 23.0 Å². The monoisotopic (exact) mass is 284 g/mol. The average molecular weight is 284 g/mol. The van der Waals surface area contributed by atoms with E-state index < -0.39 is 0 Å². The van der Waals surface area contributed by atoms with Crippen LogP contribution in [-0.2, 0) is 0 Å². The molecule has 2 heterocycles. The number of hydrogen-bond acceptors (Lipinski definition) is 4. The fourth-order valence-electron chi connectivity index (χ4n) is 2.86. The van der Waals surface area contributed by atoms with E-state index in [2.05, 4.69) is 4.90 Å². The van der Waals surface area contributed by atoms with E-state index in [9.17, 15) is 4.79 Å². The Kier molecular flexibility index (Phi) is 4.04. The van der Waals surface area contributed by atoms with Crippen LogP contribution in [-0.4, -0.2) is 31.0 Å². The van der Waals surface area contributed by atoms with Gasteiger partial charge < -0.3 is 9.64 Å². The van der Waals surface area contributed by atoms with Gasteiger partial charge in [0.25, 0.3) is 0 Å². The molecule has 1 aliphatic heterocycles. The number of rotatable bonds is 4. The summed E-state index contributed by atoms with van der Waals surface area (Å²) in [4.78, 5) is 18.4. The van der Waals surface area contributed by atoms with Gasteiger partial charge in [0.2, 0.25) is 0 Å². The quantitative estimate of drug-likeness (QED) is 0.807. The second kappa shape index (κ2) is 6.12. The number of benzene rings is 1. The standard InChI is InChI=1S/C17H20N2O2/c1-2-21-15-6-7-16-13(11-15)10-14(12-20)17(18-16)19-8-4-3-5-9-19/h6-7,10-12H,2-5,8-9H2,1H3. The first kappa shape index (κ1) is 13.9. The van der Waals surface area contributed by atoms with Gasteiger partial charge in [0.05, 0.1) is 17.7 Å². The van der Waals surface area contributed by atoms with Crippen molar-refractivity contribution in [1.29, 1.82) is 0 Å². The molecule has 0 atom stereocenters. The highest BCUT2D eigenvalue weighted by molar-refractivity contribution is 5.92. The largest absolute Gasteiger partial charge is 0.494 e. The lowest BCUT2D eigenvalue weighted by Crippen LogP contribution is -2.31. The van der Waals surface area contributed by atoms with E-state index in [1.54, 1.807) is 0 Å². The minimum absolute atomic E-state index is 0.630. The number of carbonyl (C=O) groups is 1. The van der Waals surface area contributed by atoms with Gasteiger partial charge in [0.15, 0.2) is 6.29 Å². The molecule has 110 valence electrons. The van der Waals surface area contributed by atoms with Crippen molar-refractivity contribution in [2.24, 2.45) is 0 Å². The highest BCUT2D eigenvalue weighted by Crippen LogP contribution is 2.27. The van der Waals surface area contributed by atoms with Crippen molar-refractivity contribution in [3.05, 3.63) is 29.8 Å². The van der Waals surface area contributed by atoms with E-state index in [0.717, 1.165) is 41.8 Å². The van der Waals surface area contributed by atoms with Crippen LogP contribution in [0.25, 0.3) is 10.9 Å². The van der Waals surface area contributed by atoms with E-state index >= 15 is 0 Å². The van der Waals surface area contributed by atoms with Gasteiger partial charge in [-0.2, -0.15) is 0 Å². The number of piperidine rings is 1. The van der Waals surface area contributed by atoms with Gasteiger partial charge >= 0.3 is 0 Å². The highest BCUT2D eigenvalue weighted by atomic mass is 16.5. The van der Waals surface area contributed by atoms with Gasteiger partial charge in [-0.3, -0.25) is 4.79 Å². The lowest BCUT2D eigenvalue weighted by Gasteiger charge is -2.28. The molecule has 1 aliphatic rings. The van der Waals surface area contributed by atoms with Crippen LogP contribution in [0.1, 0.15) is 36.5 Å². The van der Waals surface area contributed by atoms with Crippen LogP contribution >= 0.6 is 0 Å². The van der Waals surface area contributed by atoms with Crippen molar-refractivity contribution in [3.63, 3.8) is 0 Å². The summed E-state index contributed by atoms with van der Waals surface area (Å²) >= 11 is 0. The lowest BCUT2D eigenvalue weighted by molar-refractivity contribution is 0.112. The Bertz CT molecular complexity index is 649. The van der Waals surface area contributed by atoms with Crippen molar-refractivity contribution in [2.75, 3.05) is 24.6 Å². The molecular weight excluding hydrogens is 264 g/mol. The second-order valence-corrected chi connectivity index (χ2v) is 5.35. The van der Waals surface area contributed by atoms with Crippen LogP contribution in [0.5, 0.6) is 5.75 Å². The van der Waals surface area contributed by atoms with Gasteiger partial charge in [-0.25, -0.2) is 4.98 Å². The summed E-state index contributed by atoms with van der Waals surface area (Å²) in [5.41, 5.74) is 1.57. The zero-order valence-corrected chi connectivity index (χ0v) is 12.3. The number of ether oxygens (including phenoxy) is 1. The number of carbonyl (C=O) groups excluding carboxylic acids is 1. The van der Waals surface area contributed by atoms with Crippen LogP contribution in [0.15, 0.2) is 24.3 Å². The van der Waals surface area contributed by atoms with Crippen LogP contribution in [0, 0.1) is 0 Å². The minimum Gasteiger partial charge on any atom is -0.494 e. The van der Waals surface area contributed by atoms with Gasteiger partial charge in [0.1, 0.15) is 11.6 Å². The number of fused-ring (bicyclic) bond motifs is 1. The minimum atomic E-state index is 0.630. The van der Waals surface area contributed by atoms with Crippen LogP contribution in [0.4, 0.5) is 5.82 Å². The summed E-state index contributed by atoms with van der Waals surface area (Å²) in [6, 6.07) is 7.75. The molecule has 1 aromatic heterocycles. The molecule has 4 heteroatoms. The van der Waals surface area contributed by atoms with Gasteiger partial charge in [-0.05, 0) is 50.5 Å². The molecule has 0 radical (unpaired) electrons. The summed E-state index contributed by atoms with van der Waals surface area (Å²) in [5.74, 6) is 1.63. The number of anilines is 1. The van der Waals surface area contributed by atoms with Crippen molar-refractivity contribution in [1.82, 2.24) is 4.98 Å². The van der Waals surface area contributed by atoms with Crippen LogP contribution < -0.4 is 9.64 Å². The van der Waals surface area contributed by atoms with Crippen molar-refractivity contribution < 1.29 is 9.53 Å². The number of aldehydes is 1. The Hall–Kier alpha value is -2.10. The molecule has 0 saturated carbocycles. The molecule has 2 aromatic rings. The van der Waals surface area contributed by atoms with E-state index in [1.165, 1.54) is 19.3 Å². The Balaban J connectivity index is 2.04. The number of pyridine rings is 1. The molecule has 1 fully saturated rings. The van der Waals surface area contributed by atoms with E-state index in [-0.39, 0.29) is 0 Å². The number of aromatic nitrogens is 1. The molecule has 1 aromatic carbocycles. The molecule has 0 unspecified atom stereocenters. The zero-order chi connectivity index (χ0) is 14.7. The molecule has 0 amide bonds. The fourth-order valence-corrected chi connectivity index (χ4v) is 2.86. The summed E-state index contributed by atoms with van der Waals surface area (Å²) in [6.07, 6.45) is 4.50. The Morgan fingerprint density at radius 1 is 1.24 bits per heavy atom. The predicted molar refractivity (Wildman–Crippen MR) is 84.4 cm³/mol. The zero-order valence-electron chi connectivity index (χ0n) is 12.3. The third-order valence-corrected chi connectivity index (χ3v) is 3.89. The first-order valence-electron chi connectivity index (χ1n) is 7.59. The van der Waals surface area contributed by atoms with Gasteiger partial charge in [-0.15, -0.1) is 0 Å². The molecule has 0 bridgehead atoms. The summed E-state index contributed by atoms with van der Waals surface area (Å²) in [7, 11) is 0. The lowest BCUT2D eigenvalue weighted by atomic mass is 10.1. The van der Waals surface area contributed by atoms with Crippen molar-refractivity contribution in [3.8, 4) is 5.75 Å². The third-order valence-electron chi connectivity index (χ3n) is 3.89. The summed E-state index contributed by atoms with van der Waals surface area (Å²) in [5, 5.41) is 0.948. The Morgan fingerprint density at radius 2 is 2.05 bits per heavy atom. The molecule has 1 saturated heterocycles. The molecule has 4 nitrogen and oxygen atoms in total. The second-order valence-electron chi connectivity index (χ2n) is 5.35. The normalized spacial score (nSPS) is 15.2. The maximum atomic E-state index is 11.4. The summed E-state index contributed by atoms with van der Waals surface area (Å²) in [6.45, 7) is 4.55. The topological polar surface area (TPSA) is 42.4 Å². The number of hydrogen-bond donors (Lipinski definition) is 0. The fraction of sp³-hybridized carbons (Fsp3) is 0.412. The van der Waals surface area contributed by atoms with Gasteiger partial charge in [0, 0.05) is 18.5 Å². The van der Waals surface area contributed by atoms with E-state index in [4.69, 9.17) is 9.72 Å². The summed E-state index contributed by atoms with van der Waals surface area (Å²) < 4.78 is 5.51. The van der Waals surface area contributed by atoms with Crippen molar-refractivity contribution in [2.45, 2.75) is 26.2 Å². The first-order valence-corrected chi connectivity index (χ1v) is 7.59. The molecule has 21 heavy (non-hydrogen) atoms. The Morgan fingerprint density at radius 3 is 2.76 bits per heavy atom. The van der Waals surface area contributed by atoms with Gasteiger partial charge in [-0.1, -0.05) is 0 Å². The molecule has 0 spiro atoms. The highest BCUT2D eigenvalue weighted by Gasteiger charge is 2.16. The predicted octanol–water partition coefficient (Wildman–Crippen LogP) is 3.44. The smallest absolute Gasteiger partial charge is 0.153 e. The SMILES string of the molecule is CCOc1ccc2nc(N3CCCCC3)c(C=O)cc2c1.